The topological polar surface area (TPSA) is 79.8 Å². The maximum absolute atomic E-state index is 12.9. The number of nitrogens with zero attached hydrogens (tertiary/aromatic N) is 3. The van der Waals surface area contributed by atoms with Gasteiger partial charge in [-0.25, -0.2) is 14.4 Å². The number of carbonyl (C=O) groups excluding carboxylic acids is 1. The zero-order valence-electron chi connectivity index (χ0n) is 15.5. The lowest BCUT2D eigenvalue weighted by molar-refractivity contribution is 0.102. The summed E-state index contributed by atoms with van der Waals surface area (Å²) in [7, 11) is 0. The van der Waals surface area contributed by atoms with E-state index in [4.69, 9.17) is 0 Å². The van der Waals surface area contributed by atoms with Crippen LogP contribution in [-0.2, 0) is 6.42 Å². The van der Waals surface area contributed by atoms with Crippen molar-refractivity contribution in [2.45, 2.75) is 6.42 Å². The number of carbonyl (C=O) groups is 1. The van der Waals surface area contributed by atoms with Crippen molar-refractivity contribution in [2.24, 2.45) is 0 Å². The van der Waals surface area contributed by atoms with E-state index >= 15 is 0 Å². The van der Waals surface area contributed by atoms with Gasteiger partial charge in [0.15, 0.2) is 0 Å². The Morgan fingerprint density at radius 3 is 2.48 bits per heavy atom. The molecule has 6 nitrogen and oxygen atoms in total. The van der Waals surface area contributed by atoms with Crippen molar-refractivity contribution in [3.8, 4) is 0 Å². The van der Waals surface area contributed by atoms with Crippen LogP contribution in [0.25, 0.3) is 10.9 Å². The summed E-state index contributed by atoms with van der Waals surface area (Å²) in [6.45, 7) is 0.596. The number of aromatic nitrogens is 3. The molecule has 0 aliphatic carbocycles. The van der Waals surface area contributed by atoms with Crippen LogP contribution in [0.3, 0.4) is 0 Å². The first-order valence-corrected chi connectivity index (χ1v) is 9.14. The Hall–Kier alpha value is -3.87. The van der Waals surface area contributed by atoms with Crippen LogP contribution in [0.5, 0.6) is 0 Å². The lowest BCUT2D eigenvalue weighted by atomic mass is 10.1. The number of hydrogen-bond donors (Lipinski definition) is 2. The fourth-order valence-electron chi connectivity index (χ4n) is 2.91. The van der Waals surface area contributed by atoms with Gasteiger partial charge in [0, 0.05) is 30.5 Å². The first-order valence-electron chi connectivity index (χ1n) is 9.14. The van der Waals surface area contributed by atoms with Crippen LogP contribution in [0.1, 0.15) is 15.9 Å². The summed E-state index contributed by atoms with van der Waals surface area (Å²) in [6.07, 6.45) is 5.34. The smallest absolute Gasteiger partial charge is 0.258 e. The maximum Gasteiger partial charge on any atom is 0.258 e. The Kier molecular flexibility index (Phi) is 5.38. The minimum atomic E-state index is -0.305. The lowest BCUT2D eigenvalue weighted by Crippen LogP contribution is -2.14. The Morgan fingerprint density at radius 1 is 0.931 bits per heavy atom. The number of para-hydroxylation sites is 1. The Bertz CT molecular complexity index is 1120. The van der Waals surface area contributed by atoms with Gasteiger partial charge in [-0.1, -0.05) is 30.3 Å². The standard InChI is InChI=1S/C22H18FN5O/c23-18-8-6-15(7-9-18)10-12-25-22-26-13-17(14-27-22)21(29)28-19-5-1-3-16-4-2-11-24-20(16)19/h1-9,11,13-14H,10,12H2,(H,28,29)(H,25,26,27). The molecule has 0 unspecified atom stereocenters. The largest absolute Gasteiger partial charge is 0.354 e. The molecule has 0 aliphatic heterocycles. The number of rotatable bonds is 6. The molecule has 2 aromatic carbocycles. The van der Waals surface area contributed by atoms with E-state index in [1.807, 2.05) is 24.3 Å². The van der Waals surface area contributed by atoms with Crippen LogP contribution >= 0.6 is 0 Å². The molecule has 7 heteroatoms. The number of hydrogen-bond acceptors (Lipinski definition) is 5. The quantitative estimate of drug-likeness (QED) is 0.521. The van der Waals surface area contributed by atoms with E-state index in [9.17, 15) is 9.18 Å². The van der Waals surface area contributed by atoms with Gasteiger partial charge in [-0.05, 0) is 36.2 Å². The molecule has 1 amide bonds. The van der Waals surface area contributed by atoms with Crippen molar-refractivity contribution >= 4 is 28.4 Å². The van der Waals surface area contributed by atoms with E-state index in [0.29, 0.717) is 30.2 Å². The first-order chi connectivity index (χ1) is 14.2. The minimum absolute atomic E-state index is 0.252. The monoisotopic (exact) mass is 387 g/mol. The number of pyridine rings is 1. The molecule has 0 radical (unpaired) electrons. The molecule has 2 aromatic heterocycles. The van der Waals surface area contributed by atoms with E-state index in [1.54, 1.807) is 24.4 Å². The minimum Gasteiger partial charge on any atom is -0.354 e. The second kappa shape index (κ2) is 8.43. The molecular weight excluding hydrogens is 369 g/mol. The molecule has 2 heterocycles. The van der Waals surface area contributed by atoms with E-state index in [1.165, 1.54) is 24.5 Å². The second-order valence-corrected chi connectivity index (χ2v) is 6.43. The number of nitrogens with one attached hydrogen (secondary N) is 2. The van der Waals surface area contributed by atoms with Crippen molar-refractivity contribution in [3.63, 3.8) is 0 Å². The number of halogens is 1. The fraction of sp³-hybridized carbons (Fsp3) is 0.0909. The van der Waals surface area contributed by atoms with Crippen molar-refractivity contribution in [3.05, 3.63) is 90.1 Å². The molecule has 4 rings (SSSR count). The summed E-state index contributed by atoms with van der Waals surface area (Å²) < 4.78 is 12.9. The molecule has 0 saturated heterocycles. The van der Waals surface area contributed by atoms with Gasteiger partial charge in [0.2, 0.25) is 5.95 Å². The number of benzene rings is 2. The molecule has 0 aliphatic rings. The molecule has 144 valence electrons. The van der Waals surface area contributed by atoms with E-state index < -0.39 is 0 Å². The molecule has 0 atom stereocenters. The fourth-order valence-corrected chi connectivity index (χ4v) is 2.91. The third kappa shape index (κ3) is 4.52. The van der Waals surface area contributed by atoms with Crippen LogP contribution in [-0.4, -0.2) is 27.4 Å². The molecular formula is C22H18FN5O. The van der Waals surface area contributed by atoms with Crippen LogP contribution in [0, 0.1) is 5.82 Å². The Labute approximate surface area is 166 Å². The summed E-state index contributed by atoms with van der Waals surface area (Å²) in [5.41, 5.74) is 2.72. The van der Waals surface area contributed by atoms with Gasteiger partial charge < -0.3 is 10.6 Å². The highest BCUT2D eigenvalue weighted by atomic mass is 19.1. The molecule has 29 heavy (non-hydrogen) atoms. The SMILES string of the molecule is O=C(Nc1cccc2cccnc12)c1cnc(NCCc2ccc(F)cc2)nc1. The number of anilines is 2. The highest BCUT2D eigenvalue weighted by Crippen LogP contribution is 2.21. The third-order valence-corrected chi connectivity index (χ3v) is 4.40. The van der Waals surface area contributed by atoms with E-state index in [0.717, 1.165) is 16.5 Å². The normalized spacial score (nSPS) is 10.7. The van der Waals surface area contributed by atoms with Crippen molar-refractivity contribution < 1.29 is 9.18 Å². The van der Waals surface area contributed by atoms with Gasteiger partial charge in [0.05, 0.1) is 16.8 Å². The summed E-state index contributed by atoms with van der Waals surface area (Å²) in [5.74, 6) is -0.130. The molecule has 0 bridgehead atoms. The Balaban J connectivity index is 1.37. The third-order valence-electron chi connectivity index (χ3n) is 4.40. The van der Waals surface area contributed by atoms with Gasteiger partial charge >= 0.3 is 0 Å². The lowest BCUT2D eigenvalue weighted by Gasteiger charge is -2.08. The average molecular weight is 387 g/mol. The molecule has 0 spiro atoms. The van der Waals surface area contributed by atoms with Crippen molar-refractivity contribution in [1.29, 1.82) is 0 Å². The molecule has 2 N–H and O–H groups in total. The number of fused-ring (bicyclic) bond motifs is 1. The molecule has 4 aromatic rings. The van der Waals surface area contributed by atoms with Crippen molar-refractivity contribution in [1.82, 2.24) is 15.0 Å². The van der Waals surface area contributed by atoms with Gasteiger partial charge in [-0.15, -0.1) is 0 Å². The summed E-state index contributed by atoms with van der Waals surface area (Å²) in [4.78, 5) is 25.2. The maximum atomic E-state index is 12.9. The van der Waals surface area contributed by atoms with E-state index in [2.05, 4.69) is 25.6 Å². The molecule has 0 saturated carbocycles. The summed E-state index contributed by atoms with van der Waals surface area (Å²) >= 11 is 0. The first kappa shape index (κ1) is 18.5. The zero-order chi connectivity index (χ0) is 20.1. The summed E-state index contributed by atoms with van der Waals surface area (Å²) in [6, 6.07) is 15.8. The van der Waals surface area contributed by atoms with E-state index in [-0.39, 0.29) is 11.7 Å². The summed E-state index contributed by atoms with van der Waals surface area (Å²) in [5, 5.41) is 6.89. The van der Waals surface area contributed by atoms with Crippen molar-refractivity contribution in [2.75, 3.05) is 17.2 Å². The van der Waals surface area contributed by atoms with Crippen LogP contribution in [0.15, 0.2) is 73.2 Å². The van der Waals surface area contributed by atoms with Crippen LogP contribution in [0.2, 0.25) is 0 Å². The predicted octanol–water partition coefficient (Wildman–Crippen LogP) is 4.07. The van der Waals surface area contributed by atoms with Gasteiger partial charge in [-0.3, -0.25) is 9.78 Å². The zero-order valence-corrected chi connectivity index (χ0v) is 15.5. The average Bonchev–Trinajstić information content (AvgIpc) is 2.76. The van der Waals surface area contributed by atoms with Gasteiger partial charge in [-0.2, -0.15) is 0 Å². The second-order valence-electron chi connectivity index (χ2n) is 6.43. The highest BCUT2D eigenvalue weighted by molar-refractivity contribution is 6.08. The van der Waals surface area contributed by atoms with Gasteiger partial charge in [0.1, 0.15) is 5.82 Å². The van der Waals surface area contributed by atoms with Crippen LogP contribution in [0.4, 0.5) is 16.0 Å². The predicted molar refractivity (Wildman–Crippen MR) is 110 cm³/mol. The molecule has 0 fully saturated rings. The number of amides is 1. The van der Waals surface area contributed by atoms with Crippen LogP contribution < -0.4 is 10.6 Å². The van der Waals surface area contributed by atoms with Gasteiger partial charge in [0.25, 0.3) is 5.91 Å². The Morgan fingerprint density at radius 2 is 1.69 bits per heavy atom. The highest BCUT2D eigenvalue weighted by Gasteiger charge is 2.10.